The third-order valence-electron chi connectivity index (χ3n) is 3.30. The van der Waals surface area contributed by atoms with Crippen LogP contribution in [-0.4, -0.2) is 16.8 Å². The molecule has 1 aromatic heterocycles. The molecule has 0 aliphatic heterocycles. The van der Waals surface area contributed by atoms with Crippen LogP contribution in [-0.2, 0) is 0 Å². The van der Waals surface area contributed by atoms with Crippen LogP contribution in [0.3, 0.4) is 0 Å². The van der Waals surface area contributed by atoms with Gasteiger partial charge in [-0.3, -0.25) is 14.6 Å². The van der Waals surface area contributed by atoms with Crippen LogP contribution in [0, 0.1) is 0 Å². The van der Waals surface area contributed by atoms with E-state index in [4.69, 9.17) is 5.73 Å². The molecule has 0 spiro atoms. The molecule has 0 aliphatic carbocycles. The van der Waals surface area contributed by atoms with Gasteiger partial charge in [0.05, 0.1) is 11.1 Å². The molecule has 0 unspecified atom stereocenters. The third kappa shape index (κ3) is 2.64. The number of para-hydroxylation sites is 1. The second-order valence-electron chi connectivity index (χ2n) is 4.77. The first-order valence-corrected chi connectivity index (χ1v) is 6.70. The molecule has 0 radical (unpaired) electrons. The van der Waals surface area contributed by atoms with Crippen molar-refractivity contribution >= 4 is 28.4 Å². The lowest BCUT2D eigenvalue weighted by molar-refractivity contribution is 0.0996. The minimum atomic E-state index is -0.537. The molecule has 5 nitrogen and oxygen atoms in total. The minimum absolute atomic E-state index is 0.264. The Kier molecular flexibility index (Phi) is 3.53. The maximum Gasteiger partial charge on any atom is 0.256 e. The highest BCUT2D eigenvalue weighted by atomic mass is 16.2. The Hall–Kier alpha value is -3.21. The molecule has 0 saturated carbocycles. The van der Waals surface area contributed by atoms with Gasteiger partial charge in [-0.25, -0.2) is 0 Å². The summed E-state index contributed by atoms with van der Waals surface area (Å²) in [7, 11) is 0. The van der Waals surface area contributed by atoms with Crippen LogP contribution in [0.15, 0.2) is 60.8 Å². The van der Waals surface area contributed by atoms with E-state index in [0.29, 0.717) is 16.8 Å². The van der Waals surface area contributed by atoms with Crippen LogP contribution in [0.2, 0.25) is 0 Å². The van der Waals surface area contributed by atoms with Gasteiger partial charge in [0.1, 0.15) is 0 Å². The highest BCUT2D eigenvalue weighted by Gasteiger charge is 2.11. The van der Waals surface area contributed by atoms with E-state index in [1.54, 1.807) is 36.5 Å². The summed E-state index contributed by atoms with van der Waals surface area (Å²) in [5.41, 5.74) is 7.37. The van der Waals surface area contributed by atoms with E-state index in [1.165, 1.54) is 0 Å². The van der Waals surface area contributed by atoms with E-state index in [0.717, 1.165) is 10.9 Å². The van der Waals surface area contributed by atoms with E-state index < -0.39 is 5.91 Å². The van der Waals surface area contributed by atoms with Crippen molar-refractivity contribution in [3.8, 4) is 0 Å². The number of nitrogens with two attached hydrogens (primary N) is 1. The van der Waals surface area contributed by atoms with Gasteiger partial charge in [0.2, 0.25) is 5.91 Å². The summed E-state index contributed by atoms with van der Waals surface area (Å²) in [5.74, 6) is -0.800. The zero-order chi connectivity index (χ0) is 15.5. The molecule has 2 amide bonds. The molecular formula is C17H13N3O2. The molecule has 108 valence electrons. The van der Waals surface area contributed by atoms with Gasteiger partial charge >= 0.3 is 0 Å². The summed E-state index contributed by atoms with van der Waals surface area (Å²) in [6, 6.07) is 15.6. The van der Waals surface area contributed by atoms with Crippen LogP contribution in [0.4, 0.5) is 5.69 Å². The number of benzene rings is 2. The van der Waals surface area contributed by atoms with Crippen molar-refractivity contribution in [3.63, 3.8) is 0 Å². The number of pyridine rings is 1. The second kappa shape index (κ2) is 5.65. The second-order valence-corrected chi connectivity index (χ2v) is 4.77. The first-order valence-electron chi connectivity index (χ1n) is 6.70. The molecule has 2 aromatic carbocycles. The van der Waals surface area contributed by atoms with Crippen molar-refractivity contribution in [2.24, 2.45) is 5.73 Å². The number of carbonyl (C=O) groups is 2. The summed E-state index contributed by atoms with van der Waals surface area (Å²) >= 11 is 0. The van der Waals surface area contributed by atoms with Crippen molar-refractivity contribution < 1.29 is 9.59 Å². The molecule has 0 saturated heterocycles. The molecule has 3 N–H and O–H groups in total. The van der Waals surface area contributed by atoms with Crippen LogP contribution in [0.1, 0.15) is 20.7 Å². The number of anilines is 1. The van der Waals surface area contributed by atoms with Crippen molar-refractivity contribution in [1.82, 2.24) is 4.98 Å². The normalized spacial score (nSPS) is 10.4. The molecule has 3 rings (SSSR count). The molecule has 1 heterocycles. The van der Waals surface area contributed by atoms with Gasteiger partial charge in [-0.2, -0.15) is 0 Å². The summed E-state index contributed by atoms with van der Waals surface area (Å²) in [5, 5.41) is 3.54. The van der Waals surface area contributed by atoms with Crippen LogP contribution in [0.5, 0.6) is 0 Å². The Bertz CT molecular complexity index is 869. The predicted molar refractivity (Wildman–Crippen MR) is 84.7 cm³/mol. The fraction of sp³-hybridized carbons (Fsp3) is 0. The Balaban J connectivity index is 1.94. The monoisotopic (exact) mass is 291 g/mol. The SMILES string of the molecule is NC(=O)c1cccc(NC(=O)c2ccnc3ccccc23)c1. The fourth-order valence-corrected chi connectivity index (χ4v) is 2.24. The van der Waals surface area contributed by atoms with Gasteiger partial charge in [0, 0.05) is 22.8 Å². The molecule has 5 heteroatoms. The number of hydrogen-bond donors (Lipinski definition) is 2. The summed E-state index contributed by atoms with van der Waals surface area (Å²) < 4.78 is 0. The highest BCUT2D eigenvalue weighted by Crippen LogP contribution is 2.18. The van der Waals surface area contributed by atoms with Crippen LogP contribution >= 0.6 is 0 Å². The van der Waals surface area contributed by atoms with Gasteiger partial charge in [-0.05, 0) is 30.3 Å². The number of amides is 2. The van der Waals surface area contributed by atoms with Gasteiger partial charge < -0.3 is 11.1 Å². The molecule has 0 aliphatic rings. The van der Waals surface area contributed by atoms with Gasteiger partial charge in [0.25, 0.3) is 5.91 Å². The third-order valence-corrected chi connectivity index (χ3v) is 3.30. The van der Waals surface area contributed by atoms with E-state index in [-0.39, 0.29) is 5.91 Å². The van der Waals surface area contributed by atoms with Crippen molar-refractivity contribution in [3.05, 3.63) is 71.9 Å². The summed E-state index contributed by atoms with van der Waals surface area (Å²) in [4.78, 5) is 27.9. The molecule has 3 aromatic rings. The fourth-order valence-electron chi connectivity index (χ4n) is 2.24. The number of fused-ring (bicyclic) bond motifs is 1. The lowest BCUT2D eigenvalue weighted by atomic mass is 10.1. The number of carbonyl (C=O) groups excluding carboxylic acids is 2. The number of nitrogens with zero attached hydrogens (tertiary/aromatic N) is 1. The molecule has 0 fully saturated rings. The average Bonchev–Trinajstić information content (AvgIpc) is 2.54. The first kappa shape index (κ1) is 13.8. The smallest absolute Gasteiger partial charge is 0.256 e. The summed E-state index contributed by atoms with van der Waals surface area (Å²) in [6.45, 7) is 0. The number of primary amides is 1. The van der Waals surface area contributed by atoms with Crippen molar-refractivity contribution in [1.29, 1.82) is 0 Å². The minimum Gasteiger partial charge on any atom is -0.366 e. The first-order chi connectivity index (χ1) is 10.6. The highest BCUT2D eigenvalue weighted by molar-refractivity contribution is 6.12. The average molecular weight is 291 g/mol. The lowest BCUT2D eigenvalue weighted by Gasteiger charge is -2.08. The Morgan fingerprint density at radius 2 is 1.82 bits per heavy atom. The number of nitrogens with one attached hydrogen (secondary N) is 1. The zero-order valence-electron chi connectivity index (χ0n) is 11.6. The van der Waals surface area contributed by atoms with Gasteiger partial charge in [-0.15, -0.1) is 0 Å². The van der Waals surface area contributed by atoms with Gasteiger partial charge in [0.15, 0.2) is 0 Å². The van der Waals surface area contributed by atoms with Crippen LogP contribution < -0.4 is 11.1 Å². The Morgan fingerprint density at radius 3 is 2.64 bits per heavy atom. The molecular weight excluding hydrogens is 278 g/mol. The quantitative estimate of drug-likeness (QED) is 0.777. The van der Waals surface area contributed by atoms with Crippen molar-refractivity contribution in [2.45, 2.75) is 0 Å². The predicted octanol–water partition coefficient (Wildman–Crippen LogP) is 2.59. The number of hydrogen-bond acceptors (Lipinski definition) is 3. The van der Waals surface area contributed by atoms with E-state index in [9.17, 15) is 9.59 Å². The van der Waals surface area contributed by atoms with Crippen LogP contribution in [0.25, 0.3) is 10.9 Å². The molecule has 0 bridgehead atoms. The molecule has 22 heavy (non-hydrogen) atoms. The molecule has 0 atom stereocenters. The van der Waals surface area contributed by atoms with Crippen molar-refractivity contribution in [2.75, 3.05) is 5.32 Å². The van der Waals surface area contributed by atoms with E-state index in [2.05, 4.69) is 10.3 Å². The largest absolute Gasteiger partial charge is 0.366 e. The Labute approximate surface area is 126 Å². The number of rotatable bonds is 3. The topological polar surface area (TPSA) is 85.1 Å². The Morgan fingerprint density at radius 1 is 1.00 bits per heavy atom. The standard InChI is InChI=1S/C17H13N3O2/c18-16(21)11-4-3-5-12(10-11)20-17(22)14-8-9-19-15-7-2-1-6-13(14)15/h1-10H,(H2,18,21)(H,20,22). The summed E-state index contributed by atoms with van der Waals surface area (Å²) in [6.07, 6.45) is 1.59. The zero-order valence-corrected chi connectivity index (χ0v) is 11.6. The maximum absolute atomic E-state index is 12.5. The maximum atomic E-state index is 12.5. The van der Waals surface area contributed by atoms with E-state index >= 15 is 0 Å². The van der Waals surface area contributed by atoms with E-state index in [1.807, 2.05) is 24.3 Å². The van der Waals surface area contributed by atoms with Gasteiger partial charge in [-0.1, -0.05) is 24.3 Å². The number of aromatic nitrogens is 1. The lowest BCUT2D eigenvalue weighted by Crippen LogP contribution is -2.14.